The van der Waals surface area contributed by atoms with Gasteiger partial charge in [0.25, 0.3) is 0 Å². The summed E-state index contributed by atoms with van der Waals surface area (Å²) in [7, 11) is 0. The fraction of sp³-hybridized carbons (Fsp3) is 0.455. The van der Waals surface area contributed by atoms with E-state index in [4.69, 9.17) is 0 Å². The normalized spacial score (nSPS) is 35.3. The number of nitrogens with one attached hydrogen (secondary N) is 2. The fourth-order valence-electron chi connectivity index (χ4n) is 2.61. The van der Waals surface area contributed by atoms with E-state index in [2.05, 4.69) is 41.8 Å². The molecule has 13 heavy (non-hydrogen) atoms. The van der Waals surface area contributed by atoms with Crippen molar-refractivity contribution in [1.82, 2.24) is 5.32 Å². The first-order valence-corrected chi connectivity index (χ1v) is 4.90. The molecule has 1 aromatic rings. The molecule has 2 heterocycles. The molecule has 0 saturated carbocycles. The zero-order valence-corrected chi connectivity index (χ0v) is 7.80. The average molecular weight is 174 g/mol. The highest BCUT2D eigenvalue weighted by molar-refractivity contribution is 5.62. The number of hydrogen-bond acceptors (Lipinski definition) is 2. The van der Waals surface area contributed by atoms with Crippen molar-refractivity contribution in [1.29, 1.82) is 0 Å². The number of hydrogen-bond donors (Lipinski definition) is 2. The lowest BCUT2D eigenvalue weighted by Crippen LogP contribution is -2.38. The SMILES string of the molecule is C[C@]12CCNC1Nc1ccccc12. The molecule has 0 aromatic heterocycles. The van der Waals surface area contributed by atoms with Crippen LogP contribution in [0.2, 0.25) is 0 Å². The molecular weight excluding hydrogens is 160 g/mol. The van der Waals surface area contributed by atoms with E-state index >= 15 is 0 Å². The Balaban J connectivity index is 2.17. The largest absolute Gasteiger partial charge is 0.369 e. The van der Waals surface area contributed by atoms with Gasteiger partial charge in [-0.05, 0) is 24.6 Å². The minimum Gasteiger partial charge on any atom is -0.369 e. The van der Waals surface area contributed by atoms with Gasteiger partial charge in [0.05, 0.1) is 6.17 Å². The fourth-order valence-corrected chi connectivity index (χ4v) is 2.61. The van der Waals surface area contributed by atoms with Crippen LogP contribution in [0.15, 0.2) is 24.3 Å². The molecule has 2 aliphatic heterocycles. The number of para-hydroxylation sites is 1. The van der Waals surface area contributed by atoms with Gasteiger partial charge in [-0.25, -0.2) is 0 Å². The lowest BCUT2D eigenvalue weighted by atomic mass is 9.82. The first kappa shape index (κ1) is 7.39. The Kier molecular flexibility index (Phi) is 1.29. The standard InChI is InChI=1S/C11H14N2/c1-11-6-7-12-10(11)13-9-5-3-2-4-8(9)11/h2-5,10,12-13H,6-7H2,1H3/t10?,11-/m1/s1. The summed E-state index contributed by atoms with van der Waals surface area (Å²) in [6.07, 6.45) is 1.69. The summed E-state index contributed by atoms with van der Waals surface area (Å²) in [5.74, 6) is 0. The smallest absolute Gasteiger partial charge is 0.0865 e. The molecule has 1 aromatic carbocycles. The van der Waals surface area contributed by atoms with Crippen LogP contribution in [0.5, 0.6) is 0 Å². The number of anilines is 1. The van der Waals surface area contributed by atoms with Gasteiger partial charge in [0, 0.05) is 11.1 Å². The zero-order valence-electron chi connectivity index (χ0n) is 7.80. The molecular formula is C11H14N2. The summed E-state index contributed by atoms with van der Waals surface area (Å²) in [6, 6.07) is 8.64. The summed E-state index contributed by atoms with van der Waals surface area (Å²) in [4.78, 5) is 0. The monoisotopic (exact) mass is 174 g/mol. The number of benzene rings is 1. The molecule has 2 N–H and O–H groups in total. The predicted molar refractivity (Wildman–Crippen MR) is 53.8 cm³/mol. The molecule has 2 heteroatoms. The third-order valence-electron chi connectivity index (χ3n) is 3.47. The van der Waals surface area contributed by atoms with E-state index in [0.29, 0.717) is 11.6 Å². The van der Waals surface area contributed by atoms with Crippen LogP contribution in [-0.2, 0) is 5.41 Å². The summed E-state index contributed by atoms with van der Waals surface area (Å²) in [5.41, 5.74) is 3.10. The summed E-state index contributed by atoms with van der Waals surface area (Å²) < 4.78 is 0. The van der Waals surface area contributed by atoms with Gasteiger partial charge >= 0.3 is 0 Å². The second-order valence-electron chi connectivity index (χ2n) is 4.24. The van der Waals surface area contributed by atoms with E-state index in [1.807, 2.05) is 0 Å². The number of fused-ring (bicyclic) bond motifs is 3. The molecule has 1 unspecified atom stereocenters. The molecule has 68 valence electrons. The lowest BCUT2D eigenvalue weighted by molar-refractivity contribution is 0.463. The topological polar surface area (TPSA) is 24.1 Å². The Hall–Kier alpha value is -1.02. The van der Waals surface area contributed by atoms with Crippen LogP contribution in [0.4, 0.5) is 5.69 Å². The zero-order chi connectivity index (χ0) is 8.89. The first-order valence-electron chi connectivity index (χ1n) is 4.90. The number of rotatable bonds is 0. The molecule has 2 nitrogen and oxygen atoms in total. The third-order valence-corrected chi connectivity index (χ3v) is 3.47. The molecule has 0 amide bonds. The van der Waals surface area contributed by atoms with Crippen molar-refractivity contribution >= 4 is 5.69 Å². The van der Waals surface area contributed by atoms with Gasteiger partial charge in [0.2, 0.25) is 0 Å². The van der Waals surface area contributed by atoms with Crippen molar-refractivity contribution in [3.63, 3.8) is 0 Å². The molecule has 2 aliphatic rings. The van der Waals surface area contributed by atoms with Crippen LogP contribution < -0.4 is 10.6 Å². The molecule has 0 bridgehead atoms. The van der Waals surface area contributed by atoms with Crippen molar-refractivity contribution in [2.24, 2.45) is 0 Å². The summed E-state index contributed by atoms with van der Waals surface area (Å²) in [5, 5.41) is 7.02. The Morgan fingerprint density at radius 2 is 2.23 bits per heavy atom. The molecule has 0 spiro atoms. The Morgan fingerprint density at radius 1 is 1.38 bits per heavy atom. The maximum absolute atomic E-state index is 3.53. The van der Waals surface area contributed by atoms with Crippen LogP contribution >= 0.6 is 0 Å². The molecule has 0 aliphatic carbocycles. The van der Waals surface area contributed by atoms with E-state index < -0.39 is 0 Å². The molecule has 2 atom stereocenters. The van der Waals surface area contributed by atoms with Crippen LogP contribution in [0.3, 0.4) is 0 Å². The second kappa shape index (κ2) is 2.26. The van der Waals surface area contributed by atoms with Crippen molar-refractivity contribution in [3.8, 4) is 0 Å². The van der Waals surface area contributed by atoms with Crippen LogP contribution in [-0.4, -0.2) is 12.7 Å². The maximum Gasteiger partial charge on any atom is 0.0865 e. The summed E-state index contributed by atoms with van der Waals surface area (Å²) in [6.45, 7) is 3.47. The second-order valence-corrected chi connectivity index (χ2v) is 4.24. The highest BCUT2D eigenvalue weighted by Crippen LogP contribution is 2.44. The van der Waals surface area contributed by atoms with Gasteiger partial charge in [-0.15, -0.1) is 0 Å². The highest BCUT2D eigenvalue weighted by Gasteiger charge is 2.45. The van der Waals surface area contributed by atoms with Crippen molar-refractivity contribution < 1.29 is 0 Å². The van der Waals surface area contributed by atoms with E-state index in [1.54, 1.807) is 0 Å². The first-order chi connectivity index (χ1) is 6.31. The highest BCUT2D eigenvalue weighted by atomic mass is 15.2. The Labute approximate surface area is 78.3 Å². The van der Waals surface area contributed by atoms with Gasteiger partial charge in [-0.2, -0.15) is 0 Å². The average Bonchev–Trinajstić information content (AvgIpc) is 2.60. The quantitative estimate of drug-likeness (QED) is 0.625. The maximum atomic E-state index is 3.53. The minimum absolute atomic E-state index is 0.316. The predicted octanol–water partition coefficient (Wildman–Crippen LogP) is 1.69. The molecule has 1 fully saturated rings. The van der Waals surface area contributed by atoms with Crippen LogP contribution in [0.25, 0.3) is 0 Å². The van der Waals surface area contributed by atoms with E-state index in [1.165, 1.54) is 17.7 Å². The van der Waals surface area contributed by atoms with Crippen LogP contribution in [0, 0.1) is 0 Å². The Bertz CT molecular complexity index is 348. The van der Waals surface area contributed by atoms with E-state index in [0.717, 1.165) is 6.54 Å². The van der Waals surface area contributed by atoms with Gasteiger partial charge in [0.1, 0.15) is 0 Å². The Morgan fingerprint density at radius 3 is 3.15 bits per heavy atom. The lowest BCUT2D eigenvalue weighted by Gasteiger charge is -2.23. The van der Waals surface area contributed by atoms with Gasteiger partial charge < -0.3 is 5.32 Å². The van der Waals surface area contributed by atoms with E-state index in [-0.39, 0.29) is 0 Å². The summed E-state index contributed by atoms with van der Waals surface area (Å²) >= 11 is 0. The molecule has 3 rings (SSSR count). The van der Waals surface area contributed by atoms with Gasteiger partial charge in [-0.3, -0.25) is 5.32 Å². The molecule has 1 saturated heterocycles. The van der Waals surface area contributed by atoms with Crippen molar-refractivity contribution in [2.45, 2.75) is 24.9 Å². The molecule has 0 radical (unpaired) electrons. The van der Waals surface area contributed by atoms with Crippen molar-refractivity contribution in [3.05, 3.63) is 29.8 Å². The van der Waals surface area contributed by atoms with Gasteiger partial charge in [-0.1, -0.05) is 25.1 Å². The minimum atomic E-state index is 0.316. The van der Waals surface area contributed by atoms with Crippen LogP contribution in [0.1, 0.15) is 18.9 Å². The van der Waals surface area contributed by atoms with E-state index in [9.17, 15) is 0 Å². The van der Waals surface area contributed by atoms with Crippen molar-refractivity contribution in [2.75, 3.05) is 11.9 Å². The third kappa shape index (κ3) is 0.814. The van der Waals surface area contributed by atoms with Gasteiger partial charge in [0.15, 0.2) is 0 Å².